The van der Waals surface area contributed by atoms with Crippen molar-refractivity contribution < 1.29 is 60.1 Å². The second kappa shape index (κ2) is 12.3. The normalized spacial score (nSPS) is 13.0. The van der Waals surface area contributed by atoms with E-state index in [-0.39, 0.29) is 10.7 Å². The number of carbonyl (C=O) groups excluding carboxylic acids is 3. The lowest BCUT2D eigenvalue weighted by atomic mass is 10.1. The first-order valence-electron chi connectivity index (χ1n) is 11.1. The molecule has 0 aliphatic heterocycles. The van der Waals surface area contributed by atoms with Crippen LogP contribution in [0.2, 0.25) is 5.02 Å². The van der Waals surface area contributed by atoms with E-state index in [4.69, 9.17) is 21.1 Å². The van der Waals surface area contributed by atoms with Gasteiger partial charge in [0.1, 0.15) is 0 Å². The van der Waals surface area contributed by atoms with Crippen LogP contribution in [0.25, 0.3) is 0 Å². The van der Waals surface area contributed by atoms with Gasteiger partial charge in [-0.25, -0.2) is 14.4 Å². The maximum absolute atomic E-state index is 13.1. The molecular weight excluding hydrogens is 588 g/mol. The number of hydrogen-bond acceptors (Lipinski definition) is 6. The first kappa shape index (κ1) is 30.9. The van der Waals surface area contributed by atoms with E-state index in [0.29, 0.717) is 24.3 Å². The molecule has 3 aromatic rings. The third kappa shape index (κ3) is 8.20. The number of carboxylic acids is 1. The number of nitrogens with one attached hydrogen (secondary N) is 1. The molecule has 0 radical (unpaired) electrons. The highest BCUT2D eigenvalue weighted by molar-refractivity contribution is 6.30. The summed E-state index contributed by atoms with van der Waals surface area (Å²) >= 11 is 5.77. The van der Waals surface area contributed by atoms with Gasteiger partial charge in [0, 0.05) is 10.7 Å². The molecule has 216 valence electrons. The van der Waals surface area contributed by atoms with Crippen molar-refractivity contribution in [1.82, 2.24) is 0 Å². The molecule has 0 saturated heterocycles. The molecule has 0 aromatic heterocycles. The molecule has 2 N–H and O–H groups in total. The minimum absolute atomic E-state index is 0.00661. The minimum atomic E-state index is -4.87. The Bertz CT molecular complexity index is 1460. The monoisotopic (exact) mass is 603 g/mol. The number of alkyl halides is 6. The molecule has 0 spiro atoms. The van der Waals surface area contributed by atoms with E-state index in [1.54, 1.807) is 0 Å². The van der Waals surface area contributed by atoms with E-state index in [1.165, 1.54) is 24.3 Å². The summed E-state index contributed by atoms with van der Waals surface area (Å²) in [6.07, 6.45) is -14.9. The molecule has 0 aliphatic carbocycles. The Morgan fingerprint density at radius 2 is 1.15 bits per heavy atom. The van der Waals surface area contributed by atoms with Crippen LogP contribution in [0.5, 0.6) is 0 Å². The maximum atomic E-state index is 13.1. The number of carboxylic acid groups (broad SMARTS) is 1. The zero-order chi connectivity index (χ0) is 30.5. The number of esters is 2. The summed E-state index contributed by atoms with van der Waals surface area (Å²) in [5.41, 5.74) is -4.04. The van der Waals surface area contributed by atoms with Crippen LogP contribution in [0.15, 0.2) is 72.8 Å². The Morgan fingerprint density at radius 1 is 0.707 bits per heavy atom. The fraction of sp³-hybridized carbons (Fsp3) is 0.154. The quantitative estimate of drug-likeness (QED) is 0.245. The maximum Gasteiger partial charge on any atom is 0.416 e. The number of carbonyl (C=O) groups is 4. The van der Waals surface area contributed by atoms with Gasteiger partial charge in [0.05, 0.1) is 22.3 Å². The van der Waals surface area contributed by atoms with Crippen molar-refractivity contribution in [3.05, 3.63) is 100 Å². The summed E-state index contributed by atoms with van der Waals surface area (Å²) in [6, 6.07) is 10.6. The third-order valence-electron chi connectivity index (χ3n) is 5.21. The van der Waals surface area contributed by atoms with E-state index in [2.05, 4.69) is 5.32 Å². The number of anilines is 1. The SMILES string of the molecule is O=C(O[C@H](C(=O)O)[C@@H](OC(=O)c1cccc(C(F)(F)F)c1)C(=O)Nc1ccc(Cl)cc1)c1cccc(C(F)(F)F)c1. The fourth-order valence-corrected chi connectivity index (χ4v) is 3.38. The van der Waals surface area contributed by atoms with Gasteiger partial charge in [-0.05, 0) is 60.7 Å². The predicted molar refractivity (Wildman–Crippen MR) is 129 cm³/mol. The number of amides is 1. The lowest BCUT2D eigenvalue weighted by Crippen LogP contribution is -2.48. The number of rotatable bonds is 8. The molecule has 0 unspecified atom stereocenters. The standard InChI is InChI=1S/C26H16ClF6NO7/c27-17-7-9-18(10-8-17)34-21(35)19(40-23(38)13-3-1-5-15(11-13)25(28,29)30)20(22(36)37)41-24(39)14-4-2-6-16(12-14)26(31,32)33/h1-12,19-20H,(H,34,35)(H,36,37)/t19-,20+/m1/s1. The number of hydrogen-bond donors (Lipinski definition) is 2. The highest BCUT2D eigenvalue weighted by Crippen LogP contribution is 2.31. The molecule has 0 aliphatic rings. The zero-order valence-corrected chi connectivity index (χ0v) is 20.9. The molecule has 3 aromatic carbocycles. The topological polar surface area (TPSA) is 119 Å². The molecule has 15 heteroatoms. The Hall–Kier alpha value is -4.59. The molecule has 2 atom stereocenters. The summed E-state index contributed by atoms with van der Waals surface area (Å²) in [5, 5.41) is 12.1. The largest absolute Gasteiger partial charge is 0.478 e. The van der Waals surface area contributed by atoms with Gasteiger partial charge in [-0.3, -0.25) is 4.79 Å². The van der Waals surface area contributed by atoms with Gasteiger partial charge in [0.25, 0.3) is 5.91 Å². The Morgan fingerprint density at radius 3 is 1.56 bits per heavy atom. The number of halogens is 7. The van der Waals surface area contributed by atoms with Crippen molar-refractivity contribution in [2.24, 2.45) is 0 Å². The van der Waals surface area contributed by atoms with E-state index in [0.717, 1.165) is 24.3 Å². The van der Waals surface area contributed by atoms with E-state index < -0.39 is 70.6 Å². The lowest BCUT2D eigenvalue weighted by Gasteiger charge is -2.24. The molecule has 8 nitrogen and oxygen atoms in total. The first-order chi connectivity index (χ1) is 19.1. The van der Waals surface area contributed by atoms with E-state index in [1.807, 2.05) is 0 Å². The smallest absolute Gasteiger partial charge is 0.416 e. The van der Waals surface area contributed by atoms with Crippen molar-refractivity contribution in [3.63, 3.8) is 0 Å². The second-order valence-corrected chi connectivity index (χ2v) is 8.58. The molecule has 1 amide bonds. The number of aliphatic carboxylic acids is 1. The van der Waals surface area contributed by atoms with Crippen LogP contribution in [0, 0.1) is 0 Å². The molecule has 0 heterocycles. The Balaban J connectivity index is 1.96. The Kier molecular flexibility index (Phi) is 9.28. The van der Waals surface area contributed by atoms with Gasteiger partial charge in [-0.15, -0.1) is 0 Å². The van der Waals surface area contributed by atoms with Gasteiger partial charge >= 0.3 is 30.3 Å². The van der Waals surface area contributed by atoms with Crippen molar-refractivity contribution in [2.45, 2.75) is 24.6 Å². The van der Waals surface area contributed by atoms with Gasteiger partial charge < -0.3 is 19.9 Å². The highest BCUT2D eigenvalue weighted by Gasteiger charge is 2.42. The van der Waals surface area contributed by atoms with Crippen LogP contribution >= 0.6 is 11.6 Å². The summed E-state index contributed by atoms with van der Waals surface area (Å²) in [4.78, 5) is 50.4. The fourth-order valence-electron chi connectivity index (χ4n) is 3.25. The summed E-state index contributed by atoms with van der Waals surface area (Å²) < 4.78 is 88.2. The van der Waals surface area contributed by atoms with E-state index in [9.17, 15) is 50.6 Å². The average molecular weight is 604 g/mol. The van der Waals surface area contributed by atoms with Crippen LogP contribution in [0.1, 0.15) is 31.8 Å². The average Bonchev–Trinajstić information content (AvgIpc) is 2.90. The first-order valence-corrected chi connectivity index (χ1v) is 11.5. The van der Waals surface area contributed by atoms with Crippen LogP contribution in [-0.4, -0.2) is 41.1 Å². The van der Waals surface area contributed by atoms with Crippen LogP contribution in [0.4, 0.5) is 32.0 Å². The second-order valence-electron chi connectivity index (χ2n) is 8.14. The third-order valence-corrected chi connectivity index (χ3v) is 5.46. The van der Waals surface area contributed by atoms with Crippen LogP contribution in [-0.2, 0) is 31.4 Å². The molecule has 3 rings (SSSR count). The molecule has 0 saturated carbocycles. The summed E-state index contributed by atoms with van der Waals surface area (Å²) in [6.45, 7) is 0. The number of benzene rings is 3. The van der Waals surface area contributed by atoms with Gasteiger partial charge in [-0.2, -0.15) is 26.3 Å². The van der Waals surface area contributed by atoms with Crippen molar-refractivity contribution in [2.75, 3.05) is 5.32 Å². The lowest BCUT2D eigenvalue weighted by molar-refractivity contribution is -0.157. The summed E-state index contributed by atoms with van der Waals surface area (Å²) in [7, 11) is 0. The molecule has 41 heavy (non-hydrogen) atoms. The van der Waals surface area contributed by atoms with Gasteiger partial charge in [-0.1, -0.05) is 23.7 Å². The van der Waals surface area contributed by atoms with Gasteiger partial charge in [0.15, 0.2) is 0 Å². The van der Waals surface area contributed by atoms with Crippen LogP contribution < -0.4 is 5.32 Å². The van der Waals surface area contributed by atoms with Crippen molar-refractivity contribution >= 4 is 41.1 Å². The molecule has 0 bridgehead atoms. The summed E-state index contributed by atoms with van der Waals surface area (Å²) in [5.74, 6) is -6.72. The number of ether oxygens (including phenoxy) is 2. The molecular formula is C26H16ClF6NO7. The minimum Gasteiger partial charge on any atom is -0.478 e. The Labute approximate surface area is 231 Å². The van der Waals surface area contributed by atoms with Crippen LogP contribution in [0.3, 0.4) is 0 Å². The highest BCUT2D eigenvalue weighted by atomic mass is 35.5. The van der Waals surface area contributed by atoms with Crippen molar-refractivity contribution in [3.8, 4) is 0 Å². The molecule has 0 fully saturated rings. The van der Waals surface area contributed by atoms with Gasteiger partial charge in [0.2, 0.25) is 12.2 Å². The van der Waals surface area contributed by atoms with Crippen molar-refractivity contribution in [1.29, 1.82) is 0 Å². The zero-order valence-electron chi connectivity index (χ0n) is 20.1. The van der Waals surface area contributed by atoms with E-state index >= 15 is 0 Å². The predicted octanol–water partition coefficient (Wildman–Crippen LogP) is 5.85.